The summed E-state index contributed by atoms with van der Waals surface area (Å²) in [5.41, 5.74) is 2.46. The van der Waals surface area contributed by atoms with Crippen LogP contribution in [0.15, 0.2) is 0 Å². The van der Waals surface area contributed by atoms with Gasteiger partial charge in [-0.3, -0.25) is 4.84 Å². The first-order chi connectivity index (χ1) is 6.26. The van der Waals surface area contributed by atoms with Crippen LogP contribution in [0, 0.1) is 0 Å². The van der Waals surface area contributed by atoms with Gasteiger partial charge in [0.15, 0.2) is 0 Å². The van der Waals surface area contributed by atoms with E-state index < -0.39 is 0 Å². The van der Waals surface area contributed by atoms with E-state index in [1.165, 1.54) is 7.11 Å². The maximum Gasteiger partial charge on any atom is 0.253 e. The van der Waals surface area contributed by atoms with Crippen molar-refractivity contribution >= 4 is 23.5 Å². The molecule has 0 saturated heterocycles. The van der Waals surface area contributed by atoms with Crippen LogP contribution >= 0.6 is 11.6 Å². The summed E-state index contributed by atoms with van der Waals surface area (Å²) in [7, 11) is 1.46. The maximum atomic E-state index is 5.62. The van der Waals surface area contributed by atoms with Gasteiger partial charge in [-0.1, -0.05) is 0 Å². The predicted molar refractivity (Wildman–Crippen MR) is 49.6 cm³/mol. The third kappa shape index (κ3) is 3.00. The molecule has 0 fully saturated rings. The zero-order chi connectivity index (χ0) is 9.68. The highest BCUT2D eigenvalue weighted by atomic mass is 35.5. The van der Waals surface area contributed by atoms with Crippen molar-refractivity contribution in [3.8, 4) is 0 Å². The van der Waals surface area contributed by atoms with Gasteiger partial charge in [-0.05, 0) is 18.5 Å². The number of rotatable bonds is 4. The number of hydrogen-bond acceptors (Lipinski definition) is 6. The van der Waals surface area contributed by atoms with Gasteiger partial charge in [0.2, 0.25) is 11.2 Å². The molecule has 0 radical (unpaired) electrons. The number of nitrogens with zero attached hydrogens (tertiary/aromatic N) is 3. The van der Waals surface area contributed by atoms with Crippen LogP contribution in [0.4, 0.5) is 11.9 Å². The van der Waals surface area contributed by atoms with Crippen molar-refractivity contribution in [3.63, 3.8) is 0 Å². The number of nitrogens with one attached hydrogen (secondary N) is 2. The molecular weight excluding hydrogens is 194 g/mol. The summed E-state index contributed by atoms with van der Waals surface area (Å²) in [6.45, 7) is 2.65. The number of anilines is 2. The lowest BCUT2D eigenvalue weighted by Crippen LogP contribution is -2.07. The Balaban J connectivity index is 2.83. The Labute approximate surface area is 80.7 Å². The molecule has 0 aliphatic heterocycles. The molecule has 0 saturated carbocycles. The second-order valence-electron chi connectivity index (χ2n) is 2.09. The van der Waals surface area contributed by atoms with Crippen molar-refractivity contribution in [2.45, 2.75) is 6.92 Å². The van der Waals surface area contributed by atoms with E-state index >= 15 is 0 Å². The molecule has 1 aromatic heterocycles. The second-order valence-corrected chi connectivity index (χ2v) is 2.43. The normalized spacial score (nSPS) is 9.77. The minimum Gasteiger partial charge on any atom is -0.354 e. The highest BCUT2D eigenvalue weighted by Crippen LogP contribution is 2.08. The van der Waals surface area contributed by atoms with Crippen LogP contribution in [0.3, 0.4) is 0 Å². The third-order valence-electron chi connectivity index (χ3n) is 1.14. The Bertz CT molecular complexity index is 257. The van der Waals surface area contributed by atoms with Gasteiger partial charge >= 0.3 is 0 Å². The fourth-order valence-corrected chi connectivity index (χ4v) is 0.884. The van der Waals surface area contributed by atoms with Gasteiger partial charge < -0.3 is 5.32 Å². The first-order valence-electron chi connectivity index (χ1n) is 3.70. The van der Waals surface area contributed by atoms with E-state index in [4.69, 9.17) is 11.6 Å². The quantitative estimate of drug-likeness (QED) is 0.710. The van der Waals surface area contributed by atoms with Gasteiger partial charge in [-0.2, -0.15) is 15.0 Å². The minimum absolute atomic E-state index is 0.116. The van der Waals surface area contributed by atoms with Crippen molar-refractivity contribution in [3.05, 3.63) is 5.28 Å². The minimum atomic E-state index is 0.116. The van der Waals surface area contributed by atoms with Crippen LogP contribution in [0.2, 0.25) is 5.28 Å². The molecule has 13 heavy (non-hydrogen) atoms. The topological polar surface area (TPSA) is 72.0 Å². The van der Waals surface area contributed by atoms with Crippen molar-refractivity contribution < 1.29 is 4.84 Å². The van der Waals surface area contributed by atoms with Crippen LogP contribution in [-0.4, -0.2) is 28.6 Å². The van der Waals surface area contributed by atoms with Gasteiger partial charge in [0.05, 0.1) is 7.11 Å². The zero-order valence-electron chi connectivity index (χ0n) is 7.33. The second kappa shape index (κ2) is 4.78. The molecule has 6 nitrogen and oxygen atoms in total. The molecule has 0 amide bonds. The molecule has 1 aromatic rings. The lowest BCUT2D eigenvalue weighted by molar-refractivity contribution is 0.267. The van der Waals surface area contributed by atoms with Crippen LogP contribution in [0.25, 0.3) is 0 Å². The first-order valence-corrected chi connectivity index (χ1v) is 4.08. The smallest absolute Gasteiger partial charge is 0.253 e. The van der Waals surface area contributed by atoms with Gasteiger partial charge in [0.1, 0.15) is 0 Å². The van der Waals surface area contributed by atoms with Crippen molar-refractivity contribution in [2.24, 2.45) is 0 Å². The molecule has 0 aliphatic carbocycles. The van der Waals surface area contributed by atoms with E-state index in [0.29, 0.717) is 12.5 Å². The molecule has 0 bridgehead atoms. The number of halogens is 1. The molecule has 72 valence electrons. The highest BCUT2D eigenvalue weighted by molar-refractivity contribution is 6.28. The van der Waals surface area contributed by atoms with E-state index in [2.05, 4.69) is 30.6 Å². The van der Waals surface area contributed by atoms with Gasteiger partial charge in [-0.25, -0.2) is 5.48 Å². The summed E-state index contributed by atoms with van der Waals surface area (Å²) in [5, 5.41) is 3.02. The Morgan fingerprint density at radius 1 is 1.31 bits per heavy atom. The van der Waals surface area contributed by atoms with Gasteiger partial charge in [0, 0.05) is 6.54 Å². The molecule has 2 N–H and O–H groups in total. The SMILES string of the molecule is CCNc1nc(Cl)nc(NOC)n1. The third-order valence-corrected chi connectivity index (χ3v) is 1.31. The molecule has 7 heteroatoms. The standard InChI is InChI=1S/C6H10ClN5O/c1-3-8-5-9-4(7)10-6(11-5)12-13-2/h3H2,1-2H3,(H2,8,9,10,11,12). The zero-order valence-corrected chi connectivity index (χ0v) is 8.09. The Morgan fingerprint density at radius 2 is 2.00 bits per heavy atom. The van der Waals surface area contributed by atoms with E-state index in [-0.39, 0.29) is 11.2 Å². The lowest BCUT2D eigenvalue weighted by atomic mass is 10.7. The predicted octanol–water partition coefficient (Wildman–Crippen LogP) is 0.930. The van der Waals surface area contributed by atoms with Gasteiger partial charge in [-0.15, -0.1) is 0 Å². The molecule has 0 spiro atoms. The fraction of sp³-hybridized carbons (Fsp3) is 0.500. The number of hydrogen-bond donors (Lipinski definition) is 2. The molecule has 1 rings (SSSR count). The van der Waals surface area contributed by atoms with Crippen molar-refractivity contribution in [1.82, 2.24) is 15.0 Å². The van der Waals surface area contributed by atoms with E-state index in [9.17, 15) is 0 Å². The summed E-state index contributed by atoms with van der Waals surface area (Å²) < 4.78 is 0. The summed E-state index contributed by atoms with van der Waals surface area (Å²) in [6, 6.07) is 0. The average Bonchev–Trinajstić information content (AvgIpc) is 2.04. The van der Waals surface area contributed by atoms with Crippen molar-refractivity contribution in [2.75, 3.05) is 24.5 Å². The Kier molecular flexibility index (Phi) is 3.66. The molecule has 0 unspecified atom stereocenters. The van der Waals surface area contributed by atoms with E-state index in [1.54, 1.807) is 0 Å². The monoisotopic (exact) mass is 203 g/mol. The van der Waals surface area contributed by atoms with Crippen LogP contribution in [0.1, 0.15) is 6.92 Å². The van der Waals surface area contributed by atoms with Crippen LogP contribution in [0.5, 0.6) is 0 Å². The van der Waals surface area contributed by atoms with Crippen LogP contribution in [-0.2, 0) is 4.84 Å². The molecule has 0 atom stereocenters. The van der Waals surface area contributed by atoms with Gasteiger partial charge in [0.25, 0.3) is 5.95 Å². The largest absolute Gasteiger partial charge is 0.354 e. The summed E-state index contributed by atoms with van der Waals surface area (Å²) in [5.74, 6) is 0.695. The highest BCUT2D eigenvalue weighted by Gasteiger charge is 2.02. The molecule has 0 aliphatic rings. The molecule has 1 heterocycles. The summed E-state index contributed by atoms with van der Waals surface area (Å²) in [4.78, 5) is 16.2. The summed E-state index contributed by atoms with van der Waals surface area (Å²) in [6.07, 6.45) is 0. The van der Waals surface area contributed by atoms with E-state index in [0.717, 1.165) is 0 Å². The molecular formula is C6H10ClN5O. The maximum absolute atomic E-state index is 5.62. The fourth-order valence-electron chi connectivity index (χ4n) is 0.724. The van der Waals surface area contributed by atoms with Crippen molar-refractivity contribution in [1.29, 1.82) is 0 Å². The average molecular weight is 204 g/mol. The summed E-state index contributed by atoms with van der Waals surface area (Å²) >= 11 is 5.62. The lowest BCUT2D eigenvalue weighted by Gasteiger charge is -2.04. The van der Waals surface area contributed by atoms with E-state index in [1.807, 2.05) is 6.92 Å². The first kappa shape index (κ1) is 9.94. The Morgan fingerprint density at radius 3 is 2.62 bits per heavy atom. The molecule has 0 aromatic carbocycles. The van der Waals surface area contributed by atoms with Crippen LogP contribution < -0.4 is 10.8 Å². The Hall–Kier alpha value is -1.14. The number of aromatic nitrogens is 3.